The van der Waals surface area contributed by atoms with Gasteiger partial charge in [0.2, 0.25) is 0 Å². The SMILES string of the molecule is CCNc1ncnc(NCCc2cccc(C)c2)c1C. The van der Waals surface area contributed by atoms with Crippen LogP contribution < -0.4 is 10.6 Å². The van der Waals surface area contributed by atoms with Crippen LogP contribution in [0.3, 0.4) is 0 Å². The van der Waals surface area contributed by atoms with E-state index in [2.05, 4.69) is 58.7 Å². The molecular formula is C16H22N4. The first-order valence-corrected chi connectivity index (χ1v) is 7.05. The first-order chi connectivity index (χ1) is 9.70. The van der Waals surface area contributed by atoms with Gasteiger partial charge in [-0.05, 0) is 32.8 Å². The van der Waals surface area contributed by atoms with Crippen molar-refractivity contribution in [3.05, 3.63) is 47.3 Å². The zero-order chi connectivity index (χ0) is 14.4. The highest BCUT2D eigenvalue weighted by molar-refractivity contribution is 5.56. The highest BCUT2D eigenvalue weighted by Crippen LogP contribution is 2.17. The summed E-state index contributed by atoms with van der Waals surface area (Å²) in [5, 5.41) is 6.63. The minimum absolute atomic E-state index is 0.862. The van der Waals surface area contributed by atoms with Crippen LogP contribution >= 0.6 is 0 Å². The van der Waals surface area contributed by atoms with Gasteiger partial charge in [0.15, 0.2) is 0 Å². The molecular weight excluding hydrogens is 248 g/mol. The molecule has 20 heavy (non-hydrogen) atoms. The third-order valence-corrected chi connectivity index (χ3v) is 3.22. The summed E-state index contributed by atoms with van der Waals surface area (Å²) in [6.07, 6.45) is 2.58. The van der Waals surface area contributed by atoms with E-state index in [-0.39, 0.29) is 0 Å². The maximum absolute atomic E-state index is 4.31. The molecule has 0 aliphatic heterocycles. The van der Waals surface area contributed by atoms with Crippen LogP contribution in [0, 0.1) is 13.8 Å². The molecule has 0 amide bonds. The lowest BCUT2D eigenvalue weighted by molar-refractivity contribution is 0.987. The smallest absolute Gasteiger partial charge is 0.134 e. The molecule has 0 saturated carbocycles. The second-order valence-corrected chi connectivity index (χ2v) is 4.89. The van der Waals surface area contributed by atoms with E-state index in [0.29, 0.717) is 0 Å². The van der Waals surface area contributed by atoms with Crippen molar-refractivity contribution in [3.8, 4) is 0 Å². The Morgan fingerprint density at radius 3 is 2.50 bits per heavy atom. The Hall–Kier alpha value is -2.10. The predicted octanol–water partition coefficient (Wildman–Crippen LogP) is 3.18. The fourth-order valence-corrected chi connectivity index (χ4v) is 2.17. The Morgan fingerprint density at radius 1 is 1.05 bits per heavy atom. The second kappa shape index (κ2) is 6.89. The summed E-state index contributed by atoms with van der Waals surface area (Å²) < 4.78 is 0. The molecule has 0 fully saturated rings. The molecule has 0 saturated heterocycles. The maximum atomic E-state index is 4.31. The van der Waals surface area contributed by atoms with Crippen LogP contribution in [-0.4, -0.2) is 23.1 Å². The molecule has 2 aromatic rings. The number of hydrogen-bond donors (Lipinski definition) is 2. The lowest BCUT2D eigenvalue weighted by Gasteiger charge is -2.12. The van der Waals surface area contributed by atoms with E-state index in [0.717, 1.165) is 36.7 Å². The van der Waals surface area contributed by atoms with E-state index in [4.69, 9.17) is 0 Å². The summed E-state index contributed by atoms with van der Waals surface area (Å²) in [5.41, 5.74) is 3.71. The molecule has 4 heteroatoms. The number of nitrogens with zero attached hydrogens (tertiary/aromatic N) is 2. The highest BCUT2D eigenvalue weighted by atomic mass is 15.1. The van der Waals surface area contributed by atoms with Crippen molar-refractivity contribution in [3.63, 3.8) is 0 Å². The molecule has 106 valence electrons. The van der Waals surface area contributed by atoms with Crippen molar-refractivity contribution in [1.29, 1.82) is 0 Å². The number of aryl methyl sites for hydroxylation is 1. The van der Waals surface area contributed by atoms with Gasteiger partial charge < -0.3 is 10.6 Å². The van der Waals surface area contributed by atoms with Gasteiger partial charge in [-0.25, -0.2) is 9.97 Å². The van der Waals surface area contributed by atoms with Crippen LogP contribution in [0.1, 0.15) is 23.6 Å². The summed E-state index contributed by atoms with van der Waals surface area (Å²) in [4.78, 5) is 8.55. The lowest BCUT2D eigenvalue weighted by atomic mass is 10.1. The summed E-state index contributed by atoms with van der Waals surface area (Å²) in [5.74, 6) is 1.81. The van der Waals surface area contributed by atoms with Gasteiger partial charge in [0.25, 0.3) is 0 Å². The molecule has 4 nitrogen and oxygen atoms in total. The molecule has 0 unspecified atom stereocenters. The van der Waals surface area contributed by atoms with E-state index < -0.39 is 0 Å². The molecule has 2 rings (SSSR count). The number of rotatable bonds is 6. The number of benzene rings is 1. The highest BCUT2D eigenvalue weighted by Gasteiger charge is 2.05. The van der Waals surface area contributed by atoms with Crippen LogP contribution in [0.4, 0.5) is 11.6 Å². The van der Waals surface area contributed by atoms with Gasteiger partial charge in [-0.2, -0.15) is 0 Å². The average Bonchev–Trinajstić information content (AvgIpc) is 2.43. The number of anilines is 2. The monoisotopic (exact) mass is 270 g/mol. The van der Waals surface area contributed by atoms with Crippen LogP contribution in [0.2, 0.25) is 0 Å². The van der Waals surface area contributed by atoms with Crippen molar-refractivity contribution < 1.29 is 0 Å². The van der Waals surface area contributed by atoms with E-state index in [1.54, 1.807) is 6.33 Å². The summed E-state index contributed by atoms with van der Waals surface area (Å²) >= 11 is 0. The second-order valence-electron chi connectivity index (χ2n) is 4.89. The molecule has 0 aliphatic rings. The topological polar surface area (TPSA) is 49.8 Å². The summed E-state index contributed by atoms with van der Waals surface area (Å²) in [6, 6.07) is 8.60. The predicted molar refractivity (Wildman–Crippen MR) is 84.3 cm³/mol. The van der Waals surface area contributed by atoms with Crippen LogP contribution in [-0.2, 0) is 6.42 Å². The van der Waals surface area contributed by atoms with Crippen molar-refractivity contribution in [2.24, 2.45) is 0 Å². The van der Waals surface area contributed by atoms with Gasteiger partial charge in [-0.3, -0.25) is 0 Å². The zero-order valence-electron chi connectivity index (χ0n) is 12.4. The summed E-state index contributed by atoms with van der Waals surface area (Å²) in [6.45, 7) is 7.95. The Balaban J connectivity index is 1.96. The van der Waals surface area contributed by atoms with Crippen molar-refractivity contribution in [2.45, 2.75) is 27.2 Å². The van der Waals surface area contributed by atoms with Gasteiger partial charge in [0.1, 0.15) is 18.0 Å². The normalized spacial score (nSPS) is 10.3. The quantitative estimate of drug-likeness (QED) is 0.846. The molecule has 1 aromatic heterocycles. The number of nitrogens with one attached hydrogen (secondary N) is 2. The van der Waals surface area contributed by atoms with Gasteiger partial charge >= 0.3 is 0 Å². The Labute approximate surface area is 120 Å². The lowest BCUT2D eigenvalue weighted by Crippen LogP contribution is -2.10. The van der Waals surface area contributed by atoms with Crippen LogP contribution in [0.25, 0.3) is 0 Å². The van der Waals surface area contributed by atoms with Crippen molar-refractivity contribution in [2.75, 3.05) is 23.7 Å². The van der Waals surface area contributed by atoms with Crippen molar-refractivity contribution >= 4 is 11.6 Å². The van der Waals surface area contributed by atoms with E-state index in [9.17, 15) is 0 Å². The Morgan fingerprint density at radius 2 is 1.80 bits per heavy atom. The van der Waals surface area contributed by atoms with Crippen LogP contribution in [0.15, 0.2) is 30.6 Å². The summed E-state index contributed by atoms with van der Waals surface area (Å²) in [7, 11) is 0. The van der Waals surface area contributed by atoms with Gasteiger partial charge in [-0.1, -0.05) is 29.8 Å². The average molecular weight is 270 g/mol. The van der Waals surface area contributed by atoms with E-state index in [1.807, 2.05) is 6.92 Å². The molecule has 0 atom stereocenters. The third kappa shape index (κ3) is 3.70. The first kappa shape index (κ1) is 14.3. The van der Waals surface area contributed by atoms with Crippen LogP contribution in [0.5, 0.6) is 0 Å². The molecule has 0 radical (unpaired) electrons. The minimum Gasteiger partial charge on any atom is -0.370 e. The van der Waals surface area contributed by atoms with E-state index in [1.165, 1.54) is 11.1 Å². The Kier molecular flexibility index (Phi) is 4.93. The first-order valence-electron chi connectivity index (χ1n) is 7.05. The van der Waals surface area contributed by atoms with Gasteiger partial charge in [0, 0.05) is 18.7 Å². The third-order valence-electron chi connectivity index (χ3n) is 3.22. The van der Waals surface area contributed by atoms with Crippen molar-refractivity contribution in [1.82, 2.24) is 9.97 Å². The number of hydrogen-bond acceptors (Lipinski definition) is 4. The standard InChI is InChI=1S/C16H22N4/c1-4-17-15-13(3)16(20-11-19-15)18-9-8-14-7-5-6-12(2)10-14/h5-7,10-11H,4,8-9H2,1-3H3,(H2,17,18,19,20). The molecule has 1 heterocycles. The maximum Gasteiger partial charge on any atom is 0.134 e. The Bertz CT molecular complexity index is 566. The minimum atomic E-state index is 0.862. The fraction of sp³-hybridized carbons (Fsp3) is 0.375. The zero-order valence-corrected chi connectivity index (χ0v) is 12.4. The molecule has 2 N–H and O–H groups in total. The van der Waals surface area contributed by atoms with Gasteiger partial charge in [-0.15, -0.1) is 0 Å². The molecule has 1 aromatic carbocycles. The number of aromatic nitrogens is 2. The molecule has 0 spiro atoms. The molecule has 0 bridgehead atoms. The van der Waals surface area contributed by atoms with E-state index >= 15 is 0 Å². The molecule has 0 aliphatic carbocycles. The fourth-order valence-electron chi connectivity index (χ4n) is 2.17. The largest absolute Gasteiger partial charge is 0.370 e. The van der Waals surface area contributed by atoms with Gasteiger partial charge in [0.05, 0.1) is 0 Å².